The Morgan fingerprint density at radius 1 is 1.57 bits per heavy atom. The molecule has 2 rings (SSSR count). The van der Waals surface area contributed by atoms with Crippen molar-refractivity contribution >= 4 is 15.8 Å². The molecule has 0 radical (unpaired) electrons. The number of hydrogen-bond donors (Lipinski definition) is 1. The number of carbonyl (C=O) groups is 1. The molecule has 1 aliphatic heterocycles. The molecule has 0 bridgehead atoms. The highest BCUT2D eigenvalue weighted by Gasteiger charge is 2.36. The molecule has 2 atom stereocenters. The third kappa shape index (κ3) is 3.98. The molecular weight excluding hydrogens is 299 g/mol. The Labute approximate surface area is 122 Å². The summed E-state index contributed by atoms with van der Waals surface area (Å²) in [6.07, 6.45) is 1.47. The lowest BCUT2D eigenvalue weighted by atomic mass is 10.1. The van der Waals surface area contributed by atoms with E-state index < -0.39 is 27.7 Å². The summed E-state index contributed by atoms with van der Waals surface area (Å²) in [6, 6.07) is 1.98. The number of aromatic nitrogens is 1. The zero-order valence-electron chi connectivity index (χ0n) is 11.6. The van der Waals surface area contributed by atoms with Gasteiger partial charge in [-0.1, -0.05) is 0 Å². The number of sulfone groups is 1. The molecule has 1 saturated heterocycles. The van der Waals surface area contributed by atoms with Gasteiger partial charge in [0.1, 0.15) is 5.82 Å². The molecule has 21 heavy (non-hydrogen) atoms. The van der Waals surface area contributed by atoms with Crippen molar-refractivity contribution in [2.75, 3.05) is 18.1 Å². The van der Waals surface area contributed by atoms with E-state index in [4.69, 9.17) is 5.11 Å². The fourth-order valence-corrected chi connectivity index (χ4v) is 4.32. The summed E-state index contributed by atoms with van der Waals surface area (Å²) in [6.45, 7) is 1.47. The third-order valence-corrected chi connectivity index (χ3v) is 5.42. The third-order valence-electron chi connectivity index (χ3n) is 3.67. The summed E-state index contributed by atoms with van der Waals surface area (Å²) < 4.78 is 36.1. The first kappa shape index (κ1) is 15.8. The van der Waals surface area contributed by atoms with Crippen molar-refractivity contribution < 1.29 is 22.7 Å². The predicted molar refractivity (Wildman–Crippen MR) is 74.0 cm³/mol. The summed E-state index contributed by atoms with van der Waals surface area (Å²) in [7, 11) is -3.11. The lowest BCUT2D eigenvalue weighted by molar-refractivity contribution is -0.139. The van der Waals surface area contributed by atoms with Crippen molar-refractivity contribution in [3.05, 3.63) is 29.8 Å². The van der Waals surface area contributed by atoms with E-state index in [-0.39, 0.29) is 24.1 Å². The Hall–Kier alpha value is -1.54. The minimum atomic E-state index is -3.11. The number of carboxylic acids is 1. The molecule has 2 unspecified atom stereocenters. The van der Waals surface area contributed by atoms with Gasteiger partial charge in [0.05, 0.1) is 36.0 Å². The van der Waals surface area contributed by atoms with E-state index in [1.807, 2.05) is 0 Å². The van der Waals surface area contributed by atoms with E-state index in [1.54, 1.807) is 11.8 Å². The van der Waals surface area contributed by atoms with Crippen molar-refractivity contribution in [1.82, 2.24) is 9.88 Å². The molecule has 0 saturated carbocycles. The summed E-state index contributed by atoms with van der Waals surface area (Å²) in [5, 5.41) is 9.04. The number of rotatable bonds is 5. The Morgan fingerprint density at radius 3 is 2.76 bits per heavy atom. The van der Waals surface area contributed by atoms with Gasteiger partial charge in [-0.2, -0.15) is 0 Å². The smallest absolute Gasteiger partial charge is 0.317 e. The number of nitrogens with zero attached hydrogens (tertiary/aromatic N) is 2. The first-order valence-corrected chi connectivity index (χ1v) is 8.40. The second-order valence-electron chi connectivity index (χ2n) is 5.20. The van der Waals surface area contributed by atoms with Crippen molar-refractivity contribution in [1.29, 1.82) is 0 Å². The minimum absolute atomic E-state index is 0.0498. The highest BCUT2D eigenvalue weighted by molar-refractivity contribution is 7.91. The molecule has 0 spiro atoms. The molecule has 116 valence electrons. The number of carboxylic acid groups (broad SMARTS) is 1. The number of aliphatic carboxylic acids is 1. The molecule has 6 nitrogen and oxygen atoms in total. The van der Waals surface area contributed by atoms with Gasteiger partial charge in [0.15, 0.2) is 9.84 Å². The van der Waals surface area contributed by atoms with Gasteiger partial charge in [-0.05, 0) is 25.5 Å². The minimum Gasteiger partial charge on any atom is -0.480 e. The maximum absolute atomic E-state index is 12.9. The monoisotopic (exact) mass is 316 g/mol. The lowest BCUT2D eigenvalue weighted by Crippen LogP contribution is -2.41. The maximum atomic E-state index is 12.9. The molecule has 2 heterocycles. The van der Waals surface area contributed by atoms with Crippen LogP contribution in [0.4, 0.5) is 4.39 Å². The molecule has 8 heteroatoms. The van der Waals surface area contributed by atoms with Gasteiger partial charge in [0.2, 0.25) is 0 Å². The van der Waals surface area contributed by atoms with Crippen LogP contribution in [-0.4, -0.2) is 53.5 Å². The van der Waals surface area contributed by atoms with E-state index in [0.717, 1.165) is 6.20 Å². The zero-order chi connectivity index (χ0) is 15.6. The molecule has 1 aromatic heterocycles. The summed E-state index contributed by atoms with van der Waals surface area (Å²) in [5.41, 5.74) is 0.516. The van der Waals surface area contributed by atoms with E-state index in [9.17, 15) is 17.6 Å². The van der Waals surface area contributed by atoms with Gasteiger partial charge >= 0.3 is 5.97 Å². The summed E-state index contributed by atoms with van der Waals surface area (Å²) in [5.74, 6) is -1.49. The molecule has 1 N–H and O–H groups in total. The molecule has 0 aliphatic carbocycles. The van der Waals surface area contributed by atoms with E-state index in [0.29, 0.717) is 12.1 Å². The van der Waals surface area contributed by atoms with Crippen LogP contribution < -0.4 is 0 Å². The van der Waals surface area contributed by atoms with Crippen molar-refractivity contribution in [2.24, 2.45) is 0 Å². The van der Waals surface area contributed by atoms with Crippen molar-refractivity contribution in [3.8, 4) is 0 Å². The SMILES string of the molecule is CC(c1ccc(F)cn1)N(CC(=O)O)C1CCS(=O)(=O)C1. The largest absolute Gasteiger partial charge is 0.480 e. The highest BCUT2D eigenvalue weighted by atomic mass is 32.2. The predicted octanol–water partition coefficient (Wildman–Crippen LogP) is 0.855. The standard InChI is InChI=1S/C13H17FN2O4S/c1-9(12-3-2-10(14)6-15-12)16(7-13(17)18)11-4-5-21(19,20)8-11/h2-3,6,9,11H,4-5,7-8H2,1H3,(H,17,18). The van der Waals surface area contributed by atoms with Crippen LogP contribution in [0, 0.1) is 5.82 Å². The van der Waals surface area contributed by atoms with Crippen molar-refractivity contribution in [2.45, 2.75) is 25.4 Å². The lowest BCUT2D eigenvalue weighted by Gasteiger charge is -2.32. The average molecular weight is 316 g/mol. The van der Waals surface area contributed by atoms with Crippen LogP contribution in [0.5, 0.6) is 0 Å². The molecule has 1 fully saturated rings. The second-order valence-corrected chi connectivity index (χ2v) is 7.43. The normalized spacial score (nSPS) is 22.3. The highest BCUT2D eigenvalue weighted by Crippen LogP contribution is 2.26. The fraction of sp³-hybridized carbons (Fsp3) is 0.538. The van der Waals surface area contributed by atoms with Gasteiger partial charge in [-0.25, -0.2) is 12.8 Å². The molecule has 0 aromatic carbocycles. The Bertz CT molecular complexity index is 618. The molecule has 1 aliphatic rings. The van der Waals surface area contributed by atoms with E-state index >= 15 is 0 Å². The molecular formula is C13H17FN2O4S. The number of halogens is 1. The van der Waals surface area contributed by atoms with Crippen LogP contribution in [0.2, 0.25) is 0 Å². The van der Waals surface area contributed by atoms with Gasteiger partial charge in [-0.15, -0.1) is 0 Å². The van der Waals surface area contributed by atoms with Crippen LogP contribution >= 0.6 is 0 Å². The van der Waals surface area contributed by atoms with Crippen LogP contribution in [0.3, 0.4) is 0 Å². The average Bonchev–Trinajstić information content (AvgIpc) is 2.76. The van der Waals surface area contributed by atoms with E-state index in [1.165, 1.54) is 12.1 Å². The summed E-state index contributed by atoms with van der Waals surface area (Å²) >= 11 is 0. The zero-order valence-corrected chi connectivity index (χ0v) is 12.4. The van der Waals surface area contributed by atoms with E-state index in [2.05, 4.69) is 4.98 Å². The maximum Gasteiger partial charge on any atom is 0.317 e. The number of hydrogen-bond acceptors (Lipinski definition) is 5. The quantitative estimate of drug-likeness (QED) is 0.867. The fourth-order valence-electron chi connectivity index (χ4n) is 2.58. The van der Waals surface area contributed by atoms with Crippen LogP contribution in [0.1, 0.15) is 25.1 Å². The molecule has 0 amide bonds. The molecule has 1 aromatic rings. The van der Waals surface area contributed by atoms with Gasteiger partial charge < -0.3 is 5.11 Å². The van der Waals surface area contributed by atoms with Crippen molar-refractivity contribution in [3.63, 3.8) is 0 Å². The first-order valence-electron chi connectivity index (χ1n) is 6.58. The number of pyridine rings is 1. The Balaban J connectivity index is 2.23. The van der Waals surface area contributed by atoms with Gasteiger partial charge in [-0.3, -0.25) is 14.7 Å². The van der Waals surface area contributed by atoms with Gasteiger partial charge in [0, 0.05) is 6.04 Å². The first-order chi connectivity index (χ1) is 9.78. The topological polar surface area (TPSA) is 87.6 Å². The van der Waals surface area contributed by atoms with Gasteiger partial charge in [0.25, 0.3) is 0 Å². The Morgan fingerprint density at radius 2 is 2.29 bits per heavy atom. The Kier molecular flexibility index (Phi) is 4.58. The second kappa shape index (κ2) is 6.07. The van der Waals surface area contributed by atoms with Crippen LogP contribution in [-0.2, 0) is 14.6 Å². The van der Waals surface area contributed by atoms with Crippen LogP contribution in [0.25, 0.3) is 0 Å². The van der Waals surface area contributed by atoms with Crippen LogP contribution in [0.15, 0.2) is 18.3 Å². The summed E-state index contributed by atoms with van der Waals surface area (Å²) in [4.78, 5) is 16.6.